The highest BCUT2D eigenvalue weighted by Gasteiger charge is 2.29. The van der Waals surface area contributed by atoms with Crippen LogP contribution in [0, 0.1) is 0 Å². The van der Waals surface area contributed by atoms with Gasteiger partial charge in [0, 0.05) is 52.9 Å². The molecule has 31 heavy (non-hydrogen) atoms. The van der Waals surface area contributed by atoms with Crippen molar-refractivity contribution in [3.63, 3.8) is 0 Å². The molecule has 0 saturated carbocycles. The zero-order valence-corrected chi connectivity index (χ0v) is 21.2. The summed E-state index contributed by atoms with van der Waals surface area (Å²) >= 11 is 0. The maximum absolute atomic E-state index is 12.7. The van der Waals surface area contributed by atoms with Gasteiger partial charge in [-0.25, -0.2) is 0 Å². The number of halogens is 4. The number of piperazine rings is 1. The SMILES string of the molecule is CCNC(=NCCCCN1CCN(CC)CC1)N(C)Cc1ccc(C(F)(F)F)cc1.I. The molecule has 1 N–H and O–H groups in total. The number of guanidine groups is 1. The zero-order chi connectivity index (χ0) is 22.0. The number of aliphatic imine (C=N–C) groups is 1. The van der Waals surface area contributed by atoms with E-state index in [1.54, 1.807) is 0 Å². The van der Waals surface area contributed by atoms with Crippen molar-refractivity contribution >= 4 is 29.9 Å². The van der Waals surface area contributed by atoms with E-state index >= 15 is 0 Å². The summed E-state index contributed by atoms with van der Waals surface area (Å²) in [6, 6.07) is 5.32. The quantitative estimate of drug-likeness (QED) is 0.215. The summed E-state index contributed by atoms with van der Waals surface area (Å²) in [5.41, 5.74) is 0.202. The monoisotopic (exact) mass is 555 g/mol. The summed E-state index contributed by atoms with van der Waals surface area (Å²) in [4.78, 5) is 11.7. The highest BCUT2D eigenvalue weighted by molar-refractivity contribution is 14.0. The summed E-state index contributed by atoms with van der Waals surface area (Å²) in [7, 11) is 1.91. The molecule has 178 valence electrons. The number of likely N-dealkylation sites (N-methyl/N-ethyl adjacent to an activating group) is 1. The lowest BCUT2D eigenvalue weighted by molar-refractivity contribution is -0.137. The lowest BCUT2D eigenvalue weighted by atomic mass is 10.1. The van der Waals surface area contributed by atoms with Gasteiger partial charge in [0.1, 0.15) is 0 Å². The molecule has 1 heterocycles. The van der Waals surface area contributed by atoms with E-state index < -0.39 is 11.7 Å². The van der Waals surface area contributed by atoms with E-state index in [9.17, 15) is 13.2 Å². The molecular weight excluding hydrogens is 518 g/mol. The fourth-order valence-electron chi connectivity index (χ4n) is 3.58. The van der Waals surface area contributed by atoms with Gasteiger partial charge in [0.05, 0.1) is 5.56 Å². The summed E-state index contributed by atoms with van der Waals surface area (Å²) in [5, 5.41) is 3.27. The van der Waals surface area contributed by atoms with E-state index in [0.29, 0.717) is 6.54 Å². The standard InChI is InChI=1S/C22H36F3N5.HI/c1-4-26-21(27-12-6-7-13-30-16-14-29(5-2)15-17-30)28(3)18-19-8-10-20(11-9-19)22(23,24)25;/h8-11H,4-7,12-18H2,1-3H3,(H,26,27);1H. The van der Waals surface area contributed by atoms with Crippen LogP contribution in [-0.4, -0.2) is 80.1 Å². The van der Waals surface area contributed by atoms with Crippen molar-refractivity contribution < 1.29 is 13.2 Å². The number of rotatable bonds is 9. The van der Waals surface area contributed by atoms with Crippen molar-refractivity contribution in [2.45, 2.75) is 39.4 Å². The maximum Gasteiger partial charge on any atom is 0.416 e. The predicted octanol–water partition coefficient (Wildman–Crippen LogP) is 4.14. The van der Waals surface area contributed by atoms with E-state index in [0.717, 1.165) is 88.9 Å². The molecule has 1 aliphatic rings. The molecule has 0 aromatic heterocycles. The van der Waals surface area contributed by atoms with Crippen LogP contribution in [0.1, 0.15) is 37.8 Å². The minimum Gasteiger partial charge on any atom is -0.357 e. The Kier molecular flexibility index (Phi) is 12.8. The number of nitrogens with one attached hydrogen (secondary N) is 1. The van der Waals surface area contributed by atoms with Crippen molar-refractivity contribution in [1.82, 2.24) is 20.0 Å². The van der Waals surface area contributed by atoms with Gasteiger partial charge in [0.25, 0.3) is 0 Å². The van der Waals surface area contributed by atoms with Crippen molar-refractivity contribution in [2.75, 3.05) is 59.4 Å². The van der Waals surface area contributed by atoms with Crippen molar-refractivity contribution in [3.05, 3.63) is 35.4 Å². The summed E-state index contributed by atoms with van der Waals surface area (Å²) in [6.45, 7) is 13.1. The summed E-state index contributed by atoms with van der Waals surface area (Å²) in [5.74, 6) is 0.786. The van der Waals surface area contributed by atoms with Crippen LogP contribution in [0.3, 0.4) is 0 Å². The van der Waals surface area contributed by atoms with Crippen LogP contribution in [0.25, 0.3) is 0 Å². The van der Waals surface area contributed by atoms with Crippen molar-refractivity contribution in [1.29, 1.82) is 0 Å². The second kappa shape index (κ2) is 14.2. The fraction of sp³-hybridized carbons (Fsp3) is 0.682. The third kappa shape index (κ3) is 9.95. The maximum atomic E-state index is 12.7. The first-order valence-corrected chi connectivity index (χ1v) is 10.9. The van der Waals surface area contributed by atoms with Crippen LogP contribution in [-0.2, 0) is 12.7 Å². The van der Waals surface area contributed by atoms with Gasteiger partial charge < -0.3 is 20.0 Å². The molecule has 1 aromatic carbocycles. The second-order valence-electron chi connectivity index (χ2n) is 7.77. The van der Waals surface area contributed by atoms with E-state index in [2.05, 4.69) is 22.0 Å². The average Bonchev–Trinajstić information content (AvgIpc) is 2.73. The van der Waals surface area contributed by atoms with Gasteiger partial charge >= 0.3 is 6.18 Å². The Labute approximate surface area is 202 Å². The molecule has 9 heteroatoms. The van der Waals surface area contributed by atoms with E-state index in [-0.39, 0.29) is 24.0 Å². The molecule has 1 aliphatic heterocycles. The molecule has 2 rings (SSSR count). The first-order valence-electron chi connectivity index (χ1n) is 10.9. The molecule has 1 aromatic rings. The molecule has 0 radical (unpaired) electrons. The second-order valence-corrected chi connectivity index (χ2v) is 7.77. The van der Waals surface area contributed by atoms with Crippen LogP contribution in [0.15, 0.2) is 29.3 Å². The number of unbranched alkanes of at least 4 members (excludes halogenated alkanes) is 1. The smallest absolute Gasteiger partial charge is 0.357 e. The molecule has 0 aliphatic carbocycles. The van der Waals surface area contributed by atoms with Gasteiger partial charge in [0.15, 0.2) is 5.96 Å². The lowest BCUT2D eigenvalue weighted by Gasteiger charge is -2.33. The Morgan fingerprint density at radius 1 is 1.03 bits per heavy atom. The first-order chi connectivity index (χ1) is 14.3. The van der Waals surface area contributed by atoms with Gasteiger partial charge in [-0.05, 0) is 50.6 Å². The minimum absolute atomic E-state index is 0. The van der Waals surface area contributed by atoms with Crippen LogP contribution in [0.2, 0.25) is 0 Å². The van der Waals surface area contributed by atoms with Crippen LogP contribution in [0.4, 0.5) is 13.2 Å². The Morgan fingerprint density at radius 2 is 1.65 bits per heavy atom. The molecular formula is C22H37F3IN5. The van der Waals surface area contributed by atoms with Crippen LogP contribution < -0.4 is 5.32 Å². The highest BCUT2D eigenvalue weighted by Crippen LogP contribution is 2.29. The highest BCUT2D eigenvalue weighted by atomic mass is 127. The van der Waals surface area contributed by atoms with Crippen molar-refractivity contribution in [2.24, 2.45) is 4.99 Å². The van der Waals surface area contributed by atoms with Crippen molar-refractivity contribution in [3.8, 4) is 0 Å². The van der Waals surface area contributed by atoms with Gasteiger partial charge in [0.2, 0.25) is 0 Å². The third-order valence-electron chi connectivity index (χ3n) is 5.45. The molecule has 1 fully saturated rings. The third-order valence-corrected chi connectivity index (χ3v) is 5.45. The number of nitrogens with zero attached hydrogens (tertiary/aromatic N) is 4. The van der Waals surface area contributed by atoms with Crippen LogP contribution in [0.5, 0.6) is 0 Å². The number of alkyl halides is 3. The number of benzene rings is 1. The van der Waals surface area contributed by atoms with Gasteiger partial charge in [-0.3, -0.25) is 4.99 Å². The molecule has 5 nitrogen and oxygen atoms in total. The van der Waals surface area contributed by atoms with E-state index in [1.807, 2.05) is 18.9 Å². The Hall–Kier alpha value is -1.07. The van der Waals surface area contributed by atoms with E-state index in [4.69, 9.17) is 4.99 Å². The largest absolute Gasteiger partial charge is 0.416 e. The van der Waals surface area contributed by atoms with Gasteiger partial charge in [-0.1, -0.05) is 19.1 Å². The Morgan fingerprint density at radius 3 is 2.19 bits per heavy atom. The number of hydrogen-bond acceptors (Lipinski definition) is 3. The molecule has 0 bridgehead atoms. The molecule has 0 spiro atoms. The number of hydrogen-bond donors (Lipinski definition) is 1. The summed E-state index contributed by atoms with van der Waals surface area (Å²) in [6.07, 6.45) is -2.15. The van der Waals surface area contributed by atoms with E-state index in [1.165, 1.54) is 12.1 Å². The average molecular weight is 555 g/mol. The molecule has 0 unspecified atom stereocenters. The Balaban J connectivity index is 0.00000480. The fourth-order valence-corrected chi connectivity index (χ4v) is 3.58. The summed E-state index contributed by atoms with van der Waals surface area (Å²) < 4.78 is 38.2. The molecule has 0 amide bonds. The zero-order valence-electron chi connectivity index (χ0n) is 18.9. The topological polar surface area (TPSA) is 34.1 Å². The minimum atomic E-state index is -4.30. The molecule has 1 saturated heterocycles. The molecule has 0 atom stereocenters. The first kappa shape index (κ1) is 28.0. The van der Waals surface area contributed by atoms with Gasteiger partial charge in [-0.15, -0.1) is 24.0 Å². The normalized spacial score (nSPS) is 16.1. The van der Waals surface area contributed by atoms with Crippen LogP contribution >= 0.6 is 24.0 Å². The predicted molar refractivity (Wildman–Crippen MR) is 132 cm³/mol. The van der Waals surface area contributed by atoms with Gasteiger partial charge in [-0.2, -0.15) is 13.2 Å². The Bertz CT molecular complexity index is 644. The lowest BCUT2D eigenvalue weighted by Crippen LogP contribution is -2.46.